The molecule has 0 radical (unpaired) electrons. The molecule has 0 heterocycles. The van der Waals surface area contributed by atoms with Gasteiger partial charge in [-0.3, -0.25) is 0 Å². The van der Waals surface area contributed by atoms with Crippen molar-refractivity contribution in [3.05, 3.63) is 0 Å². The molecule has 8 heteroatoms. The minimum absolute atomic E-state index is 0.0578. The molecule has 0 saturated carbocycles. The van der Waals surface area contributed by atoms with Gasteiger partial charge in [0.05, 0.1) is 17.6 Å². The average Bonchev–Trinajstić information content (AvgIpc) is 2.10. The predicted octanol–water partition coefficient (Wildman–Crippen LogP) is -1.03. The van der Waals surface area contributed by atoms with Crippen LogP contribution in [0.4, 0.5) is 0 Å². The van der Waals surface area contributed by atoms with E-state index in [-0.39, 0.29) is 12.5 Å². The molecular formula is C8H19NO5S2. The standard InChI is InChI=1S/C8H19NO5S2/c1-7(2)8(10)6-9-16(13,14)5-4-15(3,11)12/h7-10H,4-6H2,1-3H3. The summed E-state index contributed by atoms with van der Waals surface area (Å²) in [4.78, 5) is 0. The Labute approximate surface area is 97.0 Å². The third kappa shape index (κ3) is 8.03. The Morgan fingerprint density at radius 1 is 1.12 bits per heavy atom. The fourth-order valence-electron chi connectivity index (χ4n) is 0.781. The van der Waals surface area contributed by atoms with Gasteiger partial charge in [0.2, 0.25) is 10.0 Å². The molecule has 0 bridgehead atoms. The van der Waals surface area contributed by atoms with Crippen LogP contribution < -0.4 is 4.72 Å². The van der Waals surface area contributed by atoms with E-state index in [4.69, 9.17) is 0 Å². The Hall–Kier alpha value is -0.180. The van der Waals surface area contributed by atoms with Gasteiger partial charge in [-0.15, -0.1) is 0 Å². The summed E-state index contributed by atoms with van der Waals surface area (Å²) in [6.07, 6.45) is 0.207. The highest BCUT2D eigenvalue weighted by molar-refractivity contribution is 7.93. The van der Waals surface area contributed by atoms with Crippen molar-refractivity contribution in [2.75, 3.05) is 24.3 Å². The molecule has 0 aliphatic rings. The summed E-state index contributed by atoms with van der Waals surface area (Å²) in [5.41, 5.74) is 0. The molecule has 0 spiro atoms. The summed E-state index contributed by atoms with van der Waals surface area (Å²) < 4.78 is 46.4. The van der Waals surface area contributed by atoms with E-state index in [9.17, 15) is 21.9 Å². The molecule has 0 saturated heterocycles. The third-order valence-electron chi connectivity index (χ3n) is 2.00. The van der Waals surface area contributed by atoms with Crippen LogP contribution in [0, 0.1) is 5.92 Å². The van der Waals surface area contributed by atoms with Gasteiger partial charge in [-0.25, -0.2) is 21.6 Å². The highest BCUT2D eigenvalue weighted by Gasteiger charge is 2.17. The van der Waals surface area contributed by atoms with Gasteiger partial charge in [0.15, 0.2) is 0 Å². The van der Waals surface area contributed by atoms with Crippen LogP contribution in [0.3, 0.4) is 0 Å². The second-order valence-electron chi connectivity index (χ2n) is 4.11. The maximum atomic E-state index is 11.3. The molecule has 1 unspecified atom stereocenters. The second kappa shape index (κ2) is 5.95. The number of hydrogen-bond donors (Lipinski definition) is 2. The lowest BCUT2D eigenvalue weighted by Crippen LogP contribution is -2.37. The number of nitrogens with one attached hydrogen (secondary N) is 1. The Kier molecular flexibility index (Phi) is 5.88. The Morgan fingerprint density at radius 2 is 1.62 bits per heavy atom. The van der Waals surface area contributed by atoms with Crippen LogP contribution in [-0.4, -0.2) is 52.4 Å². The Bertz CT molecular complexity index is 398. The molecule has 0 aliphatic heterocycles. The first-order chi connectivity index (χ1) is 7.03. The quantitative estimate of drug-likeness (QED) is 0.617. The molecule has 2 N–H and O–H groups in total. The number of aliphatic hydroxyl groups is 1. The Morgan fingerprint density at radius 3 is 2.00 bits per heavy atom. The monoisotopic (exact) mass is 273 g/mol. The zero-order valence-corrected chi connectivity index (χ0v) is 11.3. The minimum atomic E-state index is -3.63. The van der Waals surface area contributed by atoms with Crippen molar-refractivity contribution in [2.45, 2.75) is 20.0 Å². The van der Waals surface area contributed by atoms with Crippen LogP contribution in [0.2, 0.25) is 0 Å². The maximum absolute atomic E-state index is 11.3. The molecule has 0 aromatic carbocycles. The van der Waals surface area contributed by atoms with E-state index in [0.717, 1.165) is 6.26 Å². The van der Waals surface area contributed by atoms with Crippen LogP contribution in [0.1, 0.15) is 13.8 Å². The Balaban J connectivity index is 4.17. The van der Waals surface area contributed by atoms with Crippen LogP contribution in [0.5, 0.6) is 0 Å². The minimum Gasteiger partial charge on any atom is -0.391 e. The molecule has 16 heavy (non-hydrogen) atoms. The summed E-state index contributed by atoms with van der Waals surface area (Å²) in [5, 5.41) is 9.37. The summed E-state index contributed by atoms with van der Waals surface area (Å²) in [6, 6.07) is 0. The highest BCUT2D eigenvalue weighted by Crippen LogP contribution is 2.00. The van der Waals surface area contributed by atoms with Crippen molar-refractivity contribution in [2.24, 2.45) is 5.92 Å². The average molecular weight is 273 g/mol. The van der Waals surface area contributed by atoms with E-state index in [2.05, 4.69) is 4.72 Å². The molecule has 0 amide bonds. The van der Waals surface area contributed by atoms with Gasteiger partial charge < -0.3 is 5.11 Å². The zero-order valence-electron chi connectivity index (χ0n) is 9.67. The van der Waals surface area contributed by atoms with Gasteiger partial charge in [0.25, 0.3) is 0 Å². The second-order valence-corrected chi connectivity index (χ2v) is 8.29. The number of hydrogen-bond acceptors (Lipinski definition) is 5. The first-order valence-corrected chi connectivity index (χ1v) is 8.58. The van der Waals surface area contributed by atoms with E-state index in [1.165, 1.54) is 0 Å². The van der Waals surface area contributed by atoms with E-state index in [1.807, 2.05) is 0 Å². The van der Waals surface area contributed by atoms with Gasteiger partial charge in [0, 0.05) is 12.8 Å². The lowest BCUT2D eigenvalue weighted by Gasteiger charge is -2.14. The van der Waals surface area contributed by atoms with Crippen molar-refractivity contribution in [1.29, 1.82) is 0 Å². The van der Waals surface area contributed by atoms with E-state index in [1.54, 1.807) is 13.8 Å². The maximum Gasteiger partial charge on any atom is 0.212 e. The van der Waals surface area contributed by atoms with Crippen LogP contribution in [-0.2, 0) is 19.9 Å². The van der Waals surface area contributed by atoms with Crippen LogP contribution in [0.15, 0.2) is 0 Å². The lowest BCUT2D eigenvalue weighted by atomic mass is 10.1. The van der Waals surface area contributed by atoms with Gasteiger partial charge in [-0.05, 0) is 5.92 Å². The third-order valence-corrected chi connectivity index (χ3v) is 4.56. The SMILES string of the molecule is CC(C)C(O)CNS(=O)(=O)CCS(C)(=O)=O. The fourth-order valence-corrected chi connectivity index (χ4v) is 3.44. The van der Waals surface area contributed by atoms with Gasteiger partial charge in [0.1, 0.15) is 9.84 Å². The number of rotatable bonds is 7. The molecule has 6 nitrogen and oxygen atoms in total. The van der Waals surface area contributed by atoms with Crippen molar-refractivity contribution in [3.8, 4) is 0 Å². The smallest absolute Gasteiger partial charge is 0.212 e. The number of aliphatic hydroxyl groups excluding tert-OH is 1. The van der Waals surface area contributed by atoms with Gasteiger partial charge in [-0.1, -0.05) is 13.8 Å². The first kappa shape index (κ1) is 15.8. The van der Waals surface area contributed by atoms with Crippen molar-refractivity contribution in [1.82, 2.24) is 4.72 Å². The van der Waals surface area contributed by atoms with Crippen molar-refractivity contribution >= 4 is 19.9 Å². The normalized spacial score (nSPS) is 15.3. The molecule has 0 fully saturated rings. The van der Waals surface area contributed by atoms with E-state index < -0.39 is 37.5 Å². The van der Waals surface area contributed by atoms with E-state index >= 15 is 0 Å². The predicted molar refractivity (Wildman–Crippen MR) is 62.3 cm³/mol. The van der Waals surface area contributed by atoms with Gasteiger partial charge >= 0.3 is 0 Å². The van der Waals surface area contributed by atoms with Crippen LogP contribution in [0.25, 0.3) is 0 Å². The molecule has 0 aromatic rings. The van der Waals surface area contributed by atoms with Crippen molar-refractivity contribution in [3.63, 3.8) is 0 Å². The van der Waals surface area contributed by atoms with E-state index in [0.29, 0.717) is 0 Å². The first-order valence-electron chi connectivity index (χ1n) is 4.86. The number of sulfone groups is 1. The summed E-state index contributed by atoms with van der Waals surface area (Å²) in [6.45, 7) is 3.43. The van der Waals surface area contributed by atoms with Gasteiger partial charge in [-0.2, -0.15) is 0 Å². The molecule has 98 valence electrons. The summed E-state index contributed by atoms with van der Waals surface area (Å²) >= 11 is 0. The highest BCUT2D eigenvalue weighted by atomic mass is 32.2. The van der Waals surface area contributed by atoms with Crippen molar-refractivity contribution < 1.29 is 21.9 Å². The lowest BCUT2D eigenvalue weighted by molar-refractivity contribution is 0.129. The molecular weight excluding hydrogens is 254 g/mol. The molecule has 0 rings (SSSR count). The summed E-state index contributed by atoms with van der Waals surface area (Å²) in [7, 11) is -6.93. The summed E-state index contributed by atoms with van der Waals surface area (Å²) in [5.74, 6) is -0.950. The molecule has 0 aromatic heterocycles. The zero-order chi connectivity index (χ0) is 13.0. The molecule has 0 aliphatic carbocycles. The topological polar surface area (TPSA) is 101 Å². The molecule has 1 atom stereocenters. The van der Waals surface area contributed by atoms with Crippen LogP contribution >= 0.6 is 0 Å². The fraction of sp³-hybridized carbons (Fsp3) is 1.00. The largest absolute Gasteiger partial charge is 0.391 e. The number of sulfonamides is 1.